The summed E-state index contributed by atoms with van der Waals surface area (Å²) in [6, 6.07) is 10.5. The van der Waals surface area contributed by atoms with Gasteiger partial charge in [-0.1, -0.05) is 11.6 Å². The molecule has 0 aromatic heterocycles. The van der Waals surface area contributed by atoms with Crippen LogP contribution in [0, 0.1) is 11.7 Å². The number of benzene rings is 2. The zero-order chi connectivity index (χ0) is 17.1. The summed E-state index contributed by atoms with van der Waals surface area (Å²) in [7, 11) is 0. The molecule has 1 fully saturated rings. The molecule has 1 aliphatic rings. The third kappa shape index (κ3) is 3.68. The van der Waals surface area contributed by atoms with Crippen molar-refractivity contribution < 1.29 is 13.9 Å². The maximum absolute atomic E-state index is 13.0. The van der Waals surface area contributed by atoms with Crippen LogP contribution in [-0.2, 0) is 0 Å². The number of ether oxygens (including phenoxy) is 1. The van der Waals surface area contributed by atoms with Crippen LogP contribution in [0.15, 0.2) is 42.5 Å². The van der Waals surface area contributed by atoms with Crippen LogP contribution in [-0.4, -0.2) is 30.4 Å². The second kappa shape index (κ2) is 7.20. The third-order valence-electron chi connectivity index (χ3n) is 4.12. The summed E-state index contributed by atoms with van der Waals surface area (Å²) in [4.78, 5) is 14.6. The number of rotatable bonds is 4. The van der Waals surface area contributed by atoms with E-state index in [0.717, 1.165) is 6.42 Å². The number of carbonyl (C=O) groups is 1. The molecule has 1 heterocycles. The number of carbonyl (C=O) groups excluding carboxylic acids is 1. The highest BCUT2D eigenvalue weighted by Gasteiger charge is 2.28. The van der Waals surface area contributed by atoms with Crippen molar-refractivity contribution in [3.05, 3.63) is 58.9 Å². The van der Waals surface area contributed by atoms with E-state index < -0.39 is 0 Å². The van der Waals surface area contributed by atoms with Crippen LogP contribution in [0.25, 0.3) is 0 Å². The first-order chi connectivity index (χ1) is 11.6. The Morgan fingerprint density at radius 2 is 2.04 bits per heavy atom. The number of hydrogen-bond donors (Lipinski definition) is 1. The van der Waals surface area contributed by atoms with E-state index in [2.05, 4.69) is 0 Å². The highest BCUT2D eigenvalue weighted by Crippen LogP contribution is 2.30. The van der Waals surface area contributed by atoms with Gasteiger partial charge in [0.1, 0.15) is 17.3 Å². The lowest BCUT2D eigenvalue weighted by atomic mass is 10.1. The Balaban J connectivity index is 1.85. The summed E-state index contributed by atoms with van der Waals surface area (Å²) in [5.74, 6) is 0.695. The van der Waals surface area contributed by atoms with Gasteiger partial charge < -0.3 is 15.4 Å². The SMILES string of the molecule is NCC1CCN(C(=O)c2cc(Cl)ccc2Oc2ccc(F)cc2)C1. The van der Waals surface area contributed by atoms with Crippen LogP contribution in [0.5, 0.6) is 11.5 Å². The molecule has 2 aromatic rings. The van der Waals surface area contributed by atoms with Gasteiger partial charge in [0.2, 0.25) is 0 Å². The van der Waals surface area contributed by atoms with E-state index in [-0.39, 0.29) is 11.7 Å². The Hall–Kier alpha value is -2.11. The molecule has 1 unspecified atom stereocenters. The molecule has 4 nitrogen and oxygen atoms in total. The van der Waals surface area contributed by atoms with E-state index in [4.69, 9.17) is 22.1 Å². The van der Waals surface area contributed by atoms with E-state index >= 15 is 0 Å². The summed E-state index contributed by atoms with van der Waals surface area (Å²) >= 11 is 6.05. The molecule has 0 radical (unpaired) electrons. The third-order valence-corrected chi connectivity index (χ3v) is 4.35. The second-order valence-corrected chi connectivity index (χ2v) is 6.27. The van der Waals surface area contributed by atoms with Crippen LogP contribution in [0.1, 0.15) is 16.8 Å². The van der Waals surface area contributed by atoms with Crippen molar-refractivity contribution in [2.45, 2.75) is 6.42 Å². The molecule has 24 heavy (non-hydrogen) atoms. The van der Waals surface area contributed by atoms with Gasteiger partial charge in [-0.25, -0.2) is 4.39 Å². The zero-order valence-corrected chi connectivity index (χ0v) is 13.8. The second-order valence-electron chi connectivity index (χ2n) is 5.84. The van der Waals surface area contributed by atoms with E-state index in [1.807, 2.05) is 0 Å². The lowest BCUT2D eigenvalue weighted by molar-refractivity contribution is 0.0785. The Bertz CT molecular complexity index is 736. The monoisotopic (exact) mass is 348 g/mol. The minimum absolute atomic E-state index is 0.134. The van der Waals surface area contributed by atoms with Gasteiger partial charge in [-0.3, -0.25) is 4.79 Å². The average molecular weight is 349 g/mol. The first kappa shape index (κ1) is 16.7. The minimum atomic E-state index is -0.348. The molecule has 0 spiro atoms. The fraction of sp³-hybridized carbons (Fsp3) is 0.278. The van der Waals surface area contributed by atoms with E-state index in [1.165, 1.54) is 24.3 Å². The van der Waals surface area contributed by atoms with Gasteiger partial charge in [0.15, 0.2) is 0 Å². The molecule has 0 saturated carbocycles. The summed E-state index contributed by atoms with van der Waals surface area (Å²) < 4.78 is 18.8. The minimum Gasteiger partial charge on any atom is -0.457 e. The quantitative estimate of drug-likeness (QED) is 0.916. The van der Waals surface area contributed by atoms with E-state index in [9.17, 15) is 9.18 Å². The highest BCUT2D eigenvalue weighted by molar-refractivity contribution is 6.31. The molecule has 0 aliphatic carbocycles. The van der Waals surface area contributed by atoms with Gasteiger partial charge in [-0.05, 0) is 61.3 Å². The predicted octanol–water partition coefficient (Wildman–Crippen LogP) is 3.69. The van der Waals surface area contributed by atoms with Gasteiger partial charge in [0, 0.05) is 18.1 Å². The fourth-order valence-electron chi connectivity index (χ4n) is 2.77. The van der Waals surface area contributed by atoms with Crippen molar-refractivity contribution in [2.24, 2.45) is 11.7 Å². The van der Waals surface area contributed by atoms with Crippen molar-refractivity contribution in [3.8, 4) is 11.5 Å². The normalized spacial score (nSPS) is 17.1. The van der Waals surface area contributed by atoms with Crippen LogP contribution in [0.3, 0.4) is 0 Å². The first-order valence-electron chi connectivity index (χ1n) is 7.79. The van der Waals surface area contributed by atoms with Crippen LogP contribution >= 0.6 is 11.6 Å². The zero-order valence-electron chi connectivity index (χ0n) is 13.0. The van der Waals surface area contributed by atoms with Gasteiger partial charge >= 0.3 is 0 Å². The molecule has 1 aliphatic heterocycles. The molecule has 1 atom stereocenters. The van der Waals surface area contributed by atoms with Crippen molar-refractivity contribution in [1.29, 1.82) is 0 Å². The van der Waals surface area contributed by atoms with E-state index in [1.54, 1.807) is 23.1 Å². The summed E-state index contributed by atoms with van der Waals surface area (Å²) in [5, 5.41) is 0.458. The molecule has 126 valence electrons. The molecular formula is C18H18ClFN2O2. The van der Waals surface area contributed by atoms with Crippen molar-refractivity contribution in [1.82, 2.24) is 4.90 Å². The fourth-order valence-corrected chi connectivity index (χ4v) is 2.94. The maximum atomic E-state index is 13.0. The van der Waals surface area contributed by atoms with Gasteiger partial charge in [-0.15, -0.1) is 0 Å². The molecule has 2 N–H and O–H groups in total. The van der Waals surface area contributed by atoms with Crippen molar-refractivity contribution in [3.63, 3.8) is 0 Å². The molecule has 0 bridgehead atoms. The number of halogens is 2. The standard InChI is InChI=1S/C18H18ClFN2O2/c19-13-1-6-17(24-15-4-2-14(20)3-5-15)16(9-13)18(23)22-8-7-12(10-21)11-22/h1-6,9,12H,7-8,10-11,21H2. The van der Waals surface area contributed by atoms with Gasteiger partial charge in [-0.2, -0.15) is 0 Å². The summed E-state index contributed by atoms with van der Waals surface area (Å²) in [6.45, 7) is 1.87. The van der Waals surface area contributed by atoms with Crippen LogP contribution in [0.2, 0.25) is 5.02 Å². The molecule has 6 heteroatoms. The summed E-state index contributed by atoms with van der Waals surface area (Å²) in [5.41, 5.74) is 6.08. The Kier molecular flexibility index (Phi) is 5.02. The smallest absolute Gasteiger partial charge is 0.257 e. The van der Waals surface area contributed by atoms with Crippen LogP contribution < -0.4 is 10.5 Å². The first-order valence-corrected chi connectivity index (χ1v) is 8.17. The number of nitrogens with two attached hydrogens (primary N) is 1. The Morgan fingerprint density at radius 1 is 1.29 bits per heavy atom. The van der Waals surface area contributed by atoms with Crippen LogP contribution in [0.4, 0.5) is 4.39 Å². The van der Waals surface area contributed by atoms with Crippen molar-refractivity contribution >= 4 is 17.5 Å². The van der Waals surface area contributed by atoms with Crippen molar-refractivity contribution in [2.75, 3.05) is 19.6 Å². The van der Waals surface area contributed by atoms with Gasteiger partial charge in [0.25, 0.3) is 5.91 Å². The predicted molar refractivity (Wildman–Crippen MR) is 91.0 cm³/mol. The number of hydrogen-bond acceptors (Lipinski definition) is 3. The number of nitrogens with zero attached hydrogens (tertiary/aromatic N) is 1. The topological polar surface area (TPSA) is 55.6 Å². The number of amides is 1. The molecule has 1 amide bonds. The molecular weight excluding hydrogens is 331 g/mol. The lowest BCUT2D eigenvalue weighted by Gasteiger charge is -2.19. The van der Waals surface area contributed by atoms with E-state index in [0.29, 0.717) is 47.6 Å². The molecule has 3 rings (SSSR count). The number of likely N-dealkylation sites (tertiary alicyclic amines) is 1. The Morgan fingerprint density at radius 3 is 2.71 bits per heavy atom. The molecule has 2 aromatic carbocycles. The Labute approximate surface area is 145 Å². The highest BCUT2D eigenvalue weighted by atomic mass is 35.5. The summed E-state index contributed by atoms with van der Waals surface area (Å²) in [6.07, 6.45) is 0.900. The molecule has 1 saturated heterocycles. The van der Waals surface area contributed by atoms with Gasteiger partial charge in [0.05, 0.1) is 5.56 Å². The maximum Gasteiger partial charge on any atom is 0.257 e. The average Bonchev–Trinajstić information content (AvgIpc) is 3.07. The largest absolute Gasteiger partial charge is 0.457 e. The lowest BCUT2D eigenvalue weighted by Crippen LogP contribution is -2.30.